The van der Waals surface area contributed by atoms with Crippen LogP contribution in [0.15, 0.2) is 60.7 Å². The van der Waals surface area contributed by atoms with E-state index in [0.717, 1.165) is 4.90 Å². The minimum atomic E-state index is -1.44. The number of carbonyl (C=O) groups excluding carboxylic acids is 8. The largest absolute Gasteiger partial charge is 0.455 e. The number of ketones is 2. The van der Waals surface area contributed by atoms with E-state index in [1.165, 1.54) is 18.9 Å². The van der Waals surface area contributed by atoms with Crippen LogP contribution in [0.1, 0.15) is 112 Å². The van der Waals surface area contributed by atoms with E-state index in [4.69, 9.17) is 4.74 Å². The number of benzene rings is 2. The molecule has 2 saturated heterocycles. The monoisotopic (exact) mass is 888 g/mol. The maximum absolute atomic E-state index is 14.8. The van der Waals surface area contributed by atoms with Crippen LogP contribution in [0.2, 0.25) is 0 Å². The molecule has 0 aromatic heterocycles. The minimum absolute atomic E-state index is 0.0237. The number of cyclic esters (lactones) is 1. The second-order valence-corrected chi connectivity index (χ2v) is 18.9. The molecule has 2 bridgehead atoms. The van der Waals surface area contributed by atoms with Crippen molar-refractivity contribution in [2.45, 2.75) is 143 Å². The predicted octanol–water partition coefficient (Wildman–Crippen LogP) is 4.30. The molecule has 0 saturated carbocycles. The van der Waals surface area contributed by atoms with E-state index in [2.05, 4.69) is 16.0 Å². The Morgan fingerprint density at radius 3 is 1.91 bits per heavy atom. The number of aliphatic hydroxyl groups is 1. The maximum Gasteiger partial charge on any atom is 0.329 e. The zero-order valence-corrected chi connectivity index (χ0v) is 39.0. The number of esters is 1. The second kappa shape index (κ2) is 23.0. The summed E-state index contributed by atoms with van der Waals surface area (Å²) in [4.78, 5) is 117. The standard InChI is InChI=1S/C49H69N5O10/c1-27(2)23-37-48(62)53(10)36(24-32-17-13-11-14-18-32)46(60)52-42(29(5)6)49(63)64-43(33-19-15-12-16-20-33)35(26-38(55)31(9)50-44(58)30(7)8)45(59)51-41(28(3)4)39(56)25-34-21-22-40(57)54(37)47(34)61/h11-20,27-31,34-37,40-43,57H,21-26H2,1-10H3,(H,50,58)(H,51,59)(H,52,60)/t31-,34+,35-,36-,37-,40+,41-,42-,43+/m0/s1. The van der Waals surface area contributed by atoms with E-state index >= 15 is 0 Å². The molecule has 15 nitrogen and oxygen atoms in total. The molecule has 4 rings (SSSR count). The summed E-state index contributed by atoms with van der Waals surface area (Å²) in [6.07, 6.45) is -3.24. The van der Waals surface area contributed by atoms with Crippen LogP contribution in [0.3, 0.4) is 0 Å². The normalized spacial score (nSPS) is 26.2. The van der Waals surface area contributed by atoms with E-state index in [-0.39, 0.29) is 43.9 Å². The fourth-order valence-electron chi connectivity index (χ4n) is 8.34. The van der Waals surface area contributed by atoms with Gasteiger partial charge in [0.2, 0.25) is 29.5 Å². The molecule has 0 spiro atoms. The molecule has 0 unspecified atom stereocenters. The van der Waals surface area contributed by atoms with Gasteiger partial charge in [-0.15, -0.1) is 0 Å². The van der Waals surface area contributed by atoms with Crippen LogP contribution >= 0.6 is 0 Å². The fourth-order valence-corrected chi connectivity index (χ4v) is 8.34. The Morgan fingerprint density at radius 2 is 1.34 bits per heavy atom. The second-order valence-electron chi connectivity index (χ2n) is 18.9. The number of hydrogen-bond donors (Lipinski definition) is 4. The lowest BCUT2D eigenvalue weighted by molar-refractivity contribution is -0.168. The van der Waals surface area contributed by atoms with Gasteiger partial charge in [0, 0.05) is 38.1 Å². The molecular formula is C49H69N5O10. The van der Waals surface area contributed by atoms with Gasteiger partial charge in [0.1, 0.15) is 30.5 Å². The topological polar surface area (TPSA) is 209 Å². The van der Waals surface area contributed by atoms with Gasteiger partial charge in [-0.05, 0) is 55.1 Å². The number of Topliss-reactive ketones (excluding diaryl/α,β-unsaturated/α-hetero) is 2. The third-order valence-electron chi connectivity index (χ3n) is 12.2. The smallest absolute Gasteiger partial charge is 0.329 e. The number of hydrogen-bond acceptors (Lipinski definition) is 10. The molecule has 0 aliphatic carbocycles. The van der Waals surface area contributed by atoms with Crippen molar-refractivity contribution in [3.05, 3.63) is 71.8 Å². The molecule has 2 aliphatic rings. The van der Waals surface area contributed by atoms with Crippen LogP contribution in [-0.4, -0.2) is 105 Å². The number of amides is 5. The first kappa shape index (κ1) is 51.2. The van der Waals surface area contributed by atoms with Gasteiger partial charge < -0.3 is 35.6 Å². The van der Waals surface area contributed by atoms with Crippen LogP contribution in [-0.2, 0) is 49.5 Å². The summed E-state index contributed by atoms with van der Waals surface area (Å²) >= 11 is 0. The summed E-state index contributed by atoms with van der Waals surface area (Å²) < 4.78 is 6.28. The van der Waals surface area contributed by atoms with Gasteiger partial charge in [-0.2, -0.15) is 0 Å². The van der Waals surface area contributed by atoms with Gasteiger partial charge in [-0.25, -0.2) is 4.79 Å². The van der Waals surface area contributed by atoms with Gasteiger partial charge in [0.15, 0.2) is 11.6 Å². The number of aliphatic hydroxyl groups excluding tert-OH is 1. The number of ether oxygens (including phenoxy) is 1. The maximum atomic E-state index is 14.8. The van der Waals surface area contributed by atoms with Crippen molar-refractivity contribution in [3.63, 3.8) is 0 Å². The Hall–Kier alpha value is -5.44. The molecule has 2 fully saturated rings. The Morgan fingerprint density at radius 1 is 0.766 bits per heavy atom. The number of fused-ring (bicyclic) bond motifs is 2. The van der Waals surface area contributed by atoms with Crippen molar-refractivity contribution in [2.75, 3.05) is 7.05 Å². The Kier molecular flexibility index (Phi) is 18.4. The Labute approximate surface area is 377 Å². The van der Waals surface area contributed by atoms with Crippen molar-refractivity contribution in [1.29, 1.82) is 0 Å². The number of carbonyl (C=O) groups is 8. The van der Waals surface area contributed by atoms with Gasteiger partial charge >= 0.3 is 5.97 Å². The van der Waals surface area contributed by atoms with Crippen LogP contribution in [0.4, 0.5) is 0 Å². The highest BCUT2D eigenvalue weighted by Crippen LogP contribution is 2.34. The molecule has 4 N–H and O–H groups in total. The first-order chi connectivity index (χ1) is 30.1. The highest BCUT2D eigenvalue weighted by Gasteiger charge is 2.46. The molecule has 5 amide bonds. The van der Waals surface area contributed by atoms with E-state index in [1.54, 1.807) is 96.1 Å². The zero-order valence-electron chi connectivity index (χ0n) is 39.0. The van der Waals surface area contributed by atoms with Crippen molar-refractivity contribution >= 4 is 47.1 Å². The molecule has 9 atom stereocenters. The van der Waals surface area contributed by atoms with Crippen molar-refractivity contribution in [2.24, 2.45) is 35.5 Å². The third kappa shape index (κ3) is 13.1. The van der Waals surface area contributed by atoms with E-state index in [1.807, 2.05) is 19.9 Å². The lowest BCUT2D eigenvalue weighted by atomic mass is 9.84. The van der Waals surface area contributed by atoms with Crippen LogP contribution in [0, 0.1) is 35.5 Å². The summed E-state index contributed by atoms with van der Waals surface area (Å²) in [5, 5.41) is 19.8. The summed E-state index contributed by atoms with van der Waals surface area (Å²) in [5.74, 6) is -9.05. The van der Waals surface area contributed by atoms with Crippen molar-refractivity contribution in [1.82, 2.24) is 25.8 Å². The van der Waals surface area contributed by atoms with Crippen LogP contribution in [0.5, 0.6) is 0 Å². The predicted molar refractivity (Wildman–Crippen MR) is 240 cm³/mol. The average molecular weight is 888 g/mol. The molecular weight excluding hydrogens is 819 g/mol. The van der Waals surface area contributed by atoms with Crippen molar-refractivity contribution < 1.29 is 48.2 Å². The molecule has 2 aromatic carbocycles. The lowest BCUT2D eigenvalue weighted by Crippen LogP contribution is -2.61. The molecule has 15 heteroatoms. The number of likely N-dealkylation sites (N-methyl/N-ethyl adjacent to an activating group) is 1. The Balaban J connectivity index is 1.93. The SMILES string of the molecule is CC(C)C[C@H]1C(=O)N(C)[C@@H](Cc2ccccc2)C(=O)N[C@@H](C(C)C)C(=O)O[C@H](c2ccccc2)[C@H](CC(=O)[C@H](C)NC(=O)C(C)C)C(=O)N[C@@H](C(C)C)C(=O)C[C@H]2CC[C@@H](O)N1C2=O. The van der Waals surface area contributed by atoms with Gasteiger partial charge in [0.05, 0.1) is 18.0 Å². The quantitative estimate of drug-likeness (QED) is 0.222. The molecule has 350 valence electrons. The molecule has 2 heterocycles. The highest BCUT2D eigenvalue weighted by atomic mass is 16.5. The fraction of sp³-hybridized carbons (Fsp3) is 0.592. The first-order valence-corrected chi connectivity index (χ1v) is 22.7. The molecule has 64 heavy (non-hydrogen) atoms. The van der Waals surface area contributed by atoms with E-state index < -0.39 is 120 Å². The van der Waals surface area contributed by atoms with Gasteiger partial charge in [0.25, 0.3) is 0 Å². The van der Waals surface area contributed by atoms with E-state index in [0.29, 0.717) is 11.1 Å². The minimum Gasteiger partial charge on any atom is -0.455 e. The lowest BCUT2D eigenvalue weighted by Gasteiger charge is -2.43. The first-order valence-electron chi connectivity index (χ1n) is 22.7. The zero-order chi connectivity index (χ0) is 47.6. The summed E-state index contributed by atoms with van der Waals surface area (Å²) in [6.45, 7) is 15.4. The number of nitrogens with zero attached hydrogens (tertiary/aromatic N) is 2. The van der Waals surface area contributed by atoms with Gasteiger partial charge in [-0.1, -0.05) is 116 Å². The number of rotatable bonds is 12. The molecule has 2 aromatic rings. The molecule has 2 aliphatic heterocycles. The number of piperidine rings is 1. The Bertz CT molecular complexity index is 1970. The van der Waals surface area contributed by atoms with Crippen LogP contribution in [0.25, 0.3) is 0 Å². The van der Waals surface area contributed by atoms with Gasteiger partial charge in [-0.3, -0.25) is 33.6 Å². The molecule has 0 radical (unpaired) electrons. The summed E-state index contributed by atoms with van der Waals surface area (Å²) in [5.41, 5.74) is 1.06. The summed E-state index contributed by atoms with van der Waals surface area (Å²) in [6, 6.07) is 11.4. The van der Waals surface area contributed by atoms with Crippen LogP contribution < -0.4 is 16.0 Å². The number of nitrogens with one attached hydrogen (secondary N) is 3. The average Bonchev–Trinajstić information content (AvgIpc) is 3.24. The highest BCUT2D eigenvalue weighted by molar-refractivity contribution is 5.98. The third-order valence-corrected chi connectivity index (χ3v) is 12.2. The summed E-state index contributed by atoms with van der Waals surface area (Å²) in [7, 11) is 1.46. The van der Waals surface area contributed by atoms with E-state index in [9.17, 15) is 43.5 Å². The van der Waals surface area contributed by atoms with Crippen molar-refractivity contribution in [3.8, 4) is 0 Å².